The fraction of sp³-hybridized carbons (Fsp3) is 0.250. The van der Waals surface area contributed by atoms with Crippen molar-refractivity contribution in [3.8, 4) is 5.75 Å². The van der Waals surface area contributed by atoms with Crippen molar-refractivity contribution in [2.24, 2.45) is 10.7 Å². The molecule has 0 saturated carbocycles. The van der Waals surface area contributed by atoms with Crippen LogP contribution in [0.25, 0.3) is 0 Å². The van der Waals surface area contributed by atoms with E-state index in [2.05, 4.69) is 15.3 Å². The molecular weight excluding hydrogens is 462 g/mol. The zero-order valence-corrected chi connectivity index (χ0v) is 17.1. The van der Waals surface area contributed by atoms with Crippen LogP contribution in [0.2, 0.25) is 10.0 Å². The van der Waals surface area contributed by atoms with Crippen molar-refractivity contribution in [1.29, 1.82) is 0 Å². The largest absolute Gasteiger partial charge is 0.496 e. The van der Waals surface area contributed by atoms with Gasteiger partial charge in [-0.2, -0.15) is 0 Å². The highest BCUT2D eigenvalue weighted by molar-refractivity contribution is 14.0. The number of aromatic nitrogens is 1. The molecule has 8 heteroatoms. The molecule has 1 aromatic heterocycles. The van der Waals surface area contributed by atoms with Crippen molar-refractivity contribution in [2.75, 3.05) is 7.11 Å². The number of aliphatic imine (C=N–C) groups is 1. The standard InChI is InChI=1S/C16H18Cl2N4O.HI/c1-10(13-4-3-12(17)7-14(13)18)22-16(19)21-9-11-8-20-6-5-15(11)23-2;/h3-8,10H,9H2,1-2H3,(H3,19,21,22);1H. The molecule has 1 unspecified atom stereocenters. The number of pyridine rings is 1. The number of hydrogen-bond acceptors (Lipinski definition) is 3. The second-order valence-electron chi connectivity index (χ2n) is 4.92. The Morgan fingerprint density at radius 2 is 2.12 bits per heavy atom. The number of rotatable bonds is 5. The van der Waals surface area contributed by atoms with Crippen molar-refractivity contribution in [3.05, 3.63) is 57.8 Å². The van der Waals surface area contributed by atoms with E-state index in [0.717, 1.165) is 16.9 Å². The van der Waals surface area contributed by atoms with Gasteiger partial charge in [0, 0.05) is 28.0 Å². The summed E-state index contributed by atoms with van der Waals surface area (Å²) in [6.45, 7) is 2.32. The van der Waals surface area contributed by atoms with Gasteiger partial charge in [0.05, 0.1) is 19.7 Å². The second kappa shape index (κ2) is 9.90. The lowest BCUT2D eigenvalue weighted by atomic mass is 10.1. The van der Waals surface area contributed by atoms with E-state index in [1.807, 2.05) is 13.0 Å². The number of methoxy groups -OCH3 is 1. The van der Waals surface area contributed by atoms with Crippen molar-refractivity contribution in [3.63, 3.8) is 0 Å². The van der Waals surface area contributed by atoms with Crippen LogP contribution in [0.1, 0.15) is 24.1 Å². The SMILES string of the molecule is COc1ccncc1CN=C(N)NC(C)c1ccc(Cl)cc1Cl.I. The van der Waals surface area contributed by atoms with Crippen LogP contribution in [0.15, 0.2) is 41.7 Å². The molecule has 0 spiro atoms. The van der Waals surface area contributed by atoms with Crippen molar-refractivity contribution in [1.82, 2.24) is 10.3 Å². The monoisotopic (exact) mass is 480 g/mol. The molecule has 0 aliphatic rings. The molecular formula is C16H19Cl2IN4O. The highest BCUT2D eigenvalue weighted by Gasteiger charge is 2.11. The minimum atomic E-state index is -0.0979. The lowest BCUT2D eigenvalue weighted by Gasteiger charge is -2.16. The van der Waals surface area contributed by atoms with E-state index < -0.39 is 0 Å². The van der Waals surface area contributed by atoms with E-state index >= 15 is 0 Å². The van der Waals surface area contributed by atoms with Crippen LogP contribution in [-0.2, 0) is 6.54 Å². The molecule has 3 N–H and O–H groups in total. The molecule has 24 heavy (non-hydrogen) atoms. The molecule has 1 atom stereocenters. The summed E-state index contributed by atoms with van der Waals surface area (Å²) in [6.07, 6.45) is 3.37. The minimum absolute atomic E-state index is 0. The molecule has 1 heterocycles. The maximum absolute atomic E-state index is 6.19. The van der Waals surface area contributed by atoms with Gasteiger partial charge in [-0.15, -0.1) is 24.0 Å². The molecule has 5 nitrogen and oxygen atoms in total. The average Bonchev–Trinajstić information content (AvgIpc) is 2.53. The van der Waals surface area contributed by atoms with E-state index in [-0.39, 0.29) is 30.0 Å². The number of nitrogens with zero attached hydrogens (tertiary/aromatic N) is 2. The Morgan fingerprint density at radius 3 is 2.79 bits per heavy atom. The molecule has 0 radical (unpaired) electrons. The van der Waals surface area contributed by atoms with Gasteiger partial charge in [0.25, 0.3) is 0 Å². The van der Waals surface area contributed by atoms with Crippen LogP contribution >= 0.6 is 47.2 Å². The summed E-state index contributed by atoms with van der Waals surface area (Å²) >= 11 is 12.1. The lowest BCUT2D eigenvalue weighted by molar-refractivity contribution is 0.409. The Hall–Kier alpha value is -1.25. The third-order valence-corrected chi connectivity index (χ3v) is 3.85. The van der Waals surface area contributed by atoms with Gasteiger partial charge in [-0.05, 0) is 30.7 Å². The molecule has 130 valence electrons. The summed E-state index contributed by atoms with van der Waals surface area (Å²) in [7, 11) is 1.61. The fourth-order valence-corrected chi connectivity index (χ4v) is 2.67. The molecule has 2 rings (SSSR count). The predicted molar refractivity (Wildman–Crippen MR) is 110 cm³/mol. The second-order valence-corrected chi connectivity index (χ2v) is 5.76. The Bertz CT molecular complexity index is 712. The number of halogens is 3. The maximum atomic E-state index is 6.19. The van der Waals surface area contributed by atoms with E-state index in [0.29, 0.717) is 22.5 Å². The summed E-state index contributed by atoms with van der Waals surface area (Å²) < 4.78 is 5.25. The van der Waals surface area contributed by atoms with E-state index in [4.69, 9.17) is 33.7 Å². The molecule has 2 aromatic rings. The van der Waals surface area contributed by atoms with Crippen molar-refractivity contribution in [2.45, 2.75) is 19.5 Å². The molecule has 0 fully saturated rings. The Labute approximate surface area is 168 Å². The van der Waals surface area contributed by atoms with Gasteiger partial charge in [0.2, 0.25) is 0 Å². The van der Waals surface area contributed by atoms with Crippen LogP contribution in [-0.4, -0.2) is 18.1 Å². The highest BCUT2D eigenvalue weighted by Crippen LogP contribution is 2.26. The summed E-state index contributed by atoms with van der Waals surface area (Å²) in [6, 6.07) is 7.03. The van der Waals surface area contributed by atoms with Gasteiger partial charge in [0.1, 0.15) is 5.75 Å². The first-order valence-corrected chi connectivity index (χ1v) is 7.75. The number of benzene rings is 1. The summed E-state index contributed by atoms with van der Waals surface area (Å²) in [5, 5.41) is 4.28. The molecule has 1 aromatic carbocycles. The van der Waals surface area contributed by atoms with Crippen molar-refractivity contribution < 1.29 is 4.74 Å². The van der Waals surface area contributed by atoms with Gasteiger partial charge in [0.15, 0.2) is 5.96 Å². The summed E-state index contributed by atoms with van der Waals surface area (Å²) in [5.41, 5.74) is 7.69. The topological polar surface area (TPSA) is 72.5 Å². The van der Waals surface area contributed by atoms with Crippen LogP contribution in [0.4, 0.5) is 0 Å². The lowest BCUT2D eigenvalue weighted by Crippen LogP contribution is -2.34. The molecule has 0 bridgehead atoms. The van der Waals surface area contributed by atoms with Gasteiger partial charge in [-0.3, -0.25) is 4.98 Å². The van der Waals surface area contributed by atoms with E-state index in [1.54, 1.807) is 37.7 Å². The maximum Gasteiger partial charge on any atom is 0.189 e. The smallest absolute Gasteiger partial charge is 0.189 e. The Morgan fingerprint density at radius 1 is 1.38 bits per heavy atom. The van der Waals surface area contributed by atoms with Gasteiger partial charge >= 0.3 is 0 Å². The molecule has 0 aliphatic heterocycles. The first kappa shape index (κ1) is 20.8. The van der Waals surface area contributed by atoms with Gasteiger partial charge < -0.3 is 15.8 Å². The Balaban J connectivity index is 0.00000288. The average molecular weight is 481 g/mol. The molecule has 0 amide bonds. The summed E-state index contributed by atoms with van der Waals surface area (Å²) in [4.78, 5) is 8.37. The van der Waals surface area contributed by atoms with E-state index in [1.165, 1.54) is 0 Å². The zero-order chi connectivity index (χ0) is 16.8. The first-order chi connectivity index (χ1) is 11.0. The third-order valence-electron chi connectivity index (χ3n) is 3.29. The number of ether oxygens (including phenoxy) is 1. The fourth-order valence-electron chi connectivity index (χ4n) is 2.10. The van der Waals surface area contributed by atoms with Gasteiger partial charge in [-0.1, -0.05) is 29.3 Å². The third kappa shape index (κ3) is 5.68. The number of nitrogens with two attached hydrogens (primary N) is 1. The molecule has 0 aliphatic carbocycles. The molecule has 0 saturated heterocycles. The normalized spacial score (nSPS) is 12.2. The summed E-state index contributed by atoms with van der Waals surface area (Å²) in [5.74, 6) is 1.04. The first-order valence-electron chi connectivity index (χ1n) is 6.99. The van der Waals surface area contributed by atoms with Crippen LogP contribution in [0.3, 0.4) is 0 Å². The van der Waals surface area contributed by atoms with Crippen molar-refractivity contribution >= 4 is 53.1 Å². The quantitative estimate of drug-likeness (QED) is 0.382. The van der Waals surface area contributed by atoms with Crippen LogP contribution < -0.4 is 15.8 Å². The number of hydrogen-bond donors (Lipinski definition) is 2. The minimum Gasteiger partial charge on any atom is -0.496 e. The van der Waals surface area contributed by atoms with E-state index in [9.17, 15) is 0 Å². The number of nitrogens with one attached hydrogen (secondary N) is 1. The zero-order valence-electron chi connectivity index (χ0n) is 13.3. The highest BCUT2D eigenvalue weighted by atomic mass is 127. The van der Waals surface area contributed by atoms with Crippen LogP contribution in [0.5, 0.6) is 5.75 Å². The predicted octanol–water partition coefficient (Wildman–Crippen LogP) is 4.18. The number of guanidine groups is 1. The van der Waals surface area contributed by atoms with Gasteiger partial charge in [-0.25, -0.2) is 4.99 Å². The van der Waals surface area contributed by atoms with Crippen LogP contribution in [0, 0.1) is 0 Å². The Kier molecular flexibility index (Phi) is 8.58.